The molecule has 0 fully saturated rings. The first kappa shape index (κ1) is 13.8. The molecule has 7 heteroatoms. The van der Waals surface area contributed by atoms with Gasteiger partial charge in [-0.15, -0.1) is 0 Å². The van der Waals surface area contributed by atoms with Crippen LogP contribution < -0.4 is 16.4 Å². The number of amides is 2. The summed E-state index contributed by atoms with van der Waals surface area (Å²) in [4.78, 5) is 22.8. The van der Waals surface area contributed by atoms with Crippen molar-refractivity contribution in [3.8, 4) is 0 Å². The molecule has 0 spiro atoms. The maximum atomic E-state index is 11.4. The van der Waals surface area contributed by atoms with Gasteiger partial charge in [0, 0.05) is 9.26 Å². The van der Waals surface area contributed by atoms with Gasteiger partial charge >= 0.3 is 11.8 Å². The van der Waals surface area contributed by atoms with Crippen molar-refractivity contribution in [2.75, 3.05) is 11.9 Å². The Morgan fingerprint density at radius 3 is 2.65 bits per heavy atom. The van der Waals surface area contributed by atoms with Crippen molar-refractivity contribution in [3.63, 3.8) is 0 Å². The third-order valence-electron chi connectivity index (χ3n) is 1.71. The van der Waals surface area contributed by atoms with Crippen molar-refractivity contribution in [2.24, 2.45) is 5.73 Å². The fraction of sp³-hybridized carbons (Fsp3) is 0.100. The highest BCUT2D eigenvalue weighted by Gasteiger charge is 2.13. The van der Waals surface area contributed by atoms with Crippen LogP contribution in [0.25, 0.3) is 0 Å². The Kier molecular flexibility index (Phi) is 5.29. The highest BCUT2D eigenvalue weighted by molar-refractivity contribution is 14.1. The van der Waals surface area contributed by atoms with Gasteiger partial charge in [-0.05, 0) is 40.8 Å². The lowest BCUT2D eigenvalue weighted by Crippen LogP contribution is -2.39. The standard InChI is InChI=1S/C10H10IN3O2S/c11-6-2-1-3-7(4-6)14-10(16)9(15)13-5-8(12)17/h1-4H,5H2,(H2,12,17)(H,13,15)(H,14,16). The zero-order valence-electron chi connectivity index (χ0n) is 8.70. The number of carbonyl (C=O) groups excluding carboxylic acids is 2. The minimum absolute atomic E-state index is 0.00785. The predicted octanol–water partition coefficient (Wildman–Crippen LogP) is 0.632. The van der Waals surface area contributed by atoms with Crippen molar-refractivity contribution < 1.29 is 9.59 Å². The molecule has 1 aromatic rings. The zero-order valence-corrected chi connectivity index (χ0v) is 11.7. The number of nitrogens with two attached hydrogens (primary N) is 1. The second-order valence-electron chi connectivity index (χ2n) is 3.11. The van der Waals surface area contributed by atoms with Gasteiger partial charge < -0.3 is 16.4 Å². The number of carbonyl (C=O) groups is 2. The molecule has 0 atom stereocenters. The largest absolute Gasteiger partial charge is 0.392 e. The van der Waals surface area contributed by atoms with Gasteiger partial charge in [0.05, 0.1) is 11.5 Å². The van der Waals surface area contributed by atoms with E-state index >= 15 is 0 Å². The van der Waals surface area contributed by atoms with E-state index in [9.17, 15) is 9.59 Å². The van der Waals surface area contributed by atoms with Gasteiger partial charge in [-0.2, -0.15) is 0 Å². The average molecular weight is 363 g/mol. The van der Waals surface area contributed by atoms with Crippen molar-refractivity contribution in [2.45, 2.75) is 0 Å². The lowest BCUT2D eigenvalue weighted by Gasteiger charge is -2.05. The number of anilines is 1. The van der Waals surface area contributed by atoms with Crippen molar-refractivity contribution in [1.29, 1.82) is 0 Å². The van der Waals surface area contributed by atoms with E-state index in [1.54, 1.807) is 18.2 Å². The van der Waals surface area contributed by atoms with Crippen LogP contribution in [0, 0.1) is 3.57 Å². The topological polar surface area (TPSA) is 84.2 Å². The Labute approximate surface area is 117 Å². The second-order valence-corrected chi connectivity index (χ2v) is 4.88. The Hall–Kier alpha value is -1.22. The molecule has 1 rings (SSSR count). The first-order chi connectivity index (χ1) is 7.99. The minimum Gasteiger partial charge on any atom is -0.392 e. The van der Waals surface area contributed by atoms with Crippen molar-refractivity contribution >= 4 is 57.3 Å². The number of hydrogen-bond acceptors (Lipinski definition) is 3. The number of benzene rings is 1. The van der Waals surface area contributed by atoms with Gasteiger partial charge in [0.25, 0.3) is 0 Å². The molecule has 0 aliphatic rings. The fourth-order valence-corrected chi connectivity index (χ4v) is 1.62. The smallest absolute Gasteiger partial charge is 0.313 e. The molecular weight excluding hydrogens is 353 g/mol. The van der Waals surface area contributed by atoms with Crippen LogP contribution in [0.4, 0.5) is 5.69 Å². The lowest BCUT2D eigenvalue weighted by atomic mass is 10.3. The molecule has 1 aromatic carbocycles. The quantitative estimate of drug-likeness (QED) is 0.418. The molecule has 0 aliphatic carbocycles. The van der Waals surface area contributed by atoms with Crippen LogP contribution in [0.2, 0.25) is 0 Å². The highest BCUT2D eigenvalue weighted by Crippen LogP contribution is 2.11. The molecule has 90 valence electrons. The van der Waals surface area contributed by atoms with Crippen molar-refractivity contribution in [1.82, 2.24) is 5.32 Å². The summed E-state index contributed by atoms with van der Waals surface area (Å²) in [5.74, 6) is -1.51. The Bertz CT molecular complexity index is 465. The van der Waals surface area contributed by atoms with Gasteiger partial charge in [-0.25, -0.2) is 0 Å². The molecule has 0 aliphatic heterocycles. The van der Waals surface area contributed by atoms with E-state index in [4.69, 9.17) is 5.73 Å². The number of nitrogens with one attached hydrogen (secondary N) is 2. The Morgan fingerprint density at radius 1 is 1.35 bits per heavy atom. The third-order valence-corrected chi connectivity index (χ3v) is 2.53. The lowest BCUT2D eigenvalue weighted by molar-refractivity contribution is -0.135. The summed E-state index contributed by atoms with van der Waals surface area (Å²) in [6, 6.07) is 7.10. The van der Waals surface area contributed by atoms with E-state index in [0.717, 1.165) is 3.57 Å². The molecule has 4 N–H and O–H groups in total. The second kappa shape index (κ2) is 6.50. The van der Waals surface area contributed by atoms with Crippen LogP contribution in [0.1, 0.15) is 0 Å². The molecule has 0 radical (unpaired) electrons. The van der Waals surface area contributed by atoms with Crippen molar-refractivity contribution in [3.05, 3.63) is 27.8 Å². The molecule has 0 saturated carbocycles. The zero-order chi connectivity index (χ0) is 12.8. The molecule has 0 bridgehead atoms. The predicted molar refractivity (Wildman–Crippen MR) is 77.6 cm³/mol. The van der Waals surface area contributed by atoms with Gasteiger partial charge in [0.2, 0.25) is 0 Å². The highest BCUT2D eigenvalue weighted by atomic mass is 127. The number of thiocarbonyl (C=S) groups is 1. The van der Waals surface area contributed by atoms with Gasteiger partial charge in [-0.1, -0.05) is 18.3 Å². The van der Waals surface area contributed by atoms with Crippen LogP contribution in [-0.2, 0) is 9.59 Å². The molecule has 0 saturated heterocycles. The molecule has 0 aromatic heterocycles. The maximum absolute atomic E-state index is 11.4. The average Bonchev–Trinajstić information content (AvgIpc) is 2.25. The van der Waals surface area contributed by atoms with Crippen LogP contribution in [0.15, 0.2) is 24.3 Å². The van der Waals surface area contributed by atoms with E-state index in [0.29, 0.717) is 5.69 Å². The maximum Gasteiger partial charge on any atom is 0.313 e. The number of hydrogen-bond donors (Lipinski definition) is 3. The van der Waals surface area contributed by atoms with E-state index in [1.165, 1.54) is 0 Å². The molecule has 17 heavy (non-hydrogen) atoms. The first-order valence-corrected chi connectivity index (χ1v) is 6.11. The minimum atomic E-state index is -0.767. The molecular formula is C10H10IN3O2S. The van der Waals surface area contributed by atoms with Crippen LogP contribution in [0.3, 0.4) is 0 Å². The first-order valence-electron chi connectivity index (χ1n) is 4.62. The van der Waals surface area contributed by atoms with E-state index in [-0.39, 0.29) is 11.5 Å². The molecule has 5 nitrogen and oxygen atoms in total. The summed E-state index contributed by atoms with van der Waals surface area (Å²) in [6.45, 7) is 0.00785. The number of rotatable bonds is 3. The molecule has 0 unspecified atom stereocenters. The third kappa shape index (κ3) is 5.09. The van der Waals surface area contributed by atoms with E-state index in [1.807, 2.05) is 6.07 Å². The van der Waals surface area contributed by atoms with Crippen LogP contribution in [-0.4, -0.2) is 23.3 Å². The molecule has 0 heterocycles. The van der Waals surface area contributed by atoms with Crippen LogP contribution >= 0.6 is 34.8 Å². The summed E-state index contributed by atoms with van der Waals surface area (Å²) >= 11 is 6.69. The monoisotopic (exact) mass is 363 g/mol. The SMILES string of the molecule is NC(=S)CNC(=O)C(=O)Nc1cccc(I)c1. The van der Waals surface area contributed by atoms with Gasteiger partial charge in [-0.3, -0.25) is 9.59 Å². The fourth-order valence-electron chi connectivity index (χ4n) is 1.00. The summed E-state index contributed by atoms with van der Waals surface area (Å²) in [7, 11) is 0. The van der Waals surface area contributed by atoms with Gasteiger partial charge in [0.15, 0.2) is 0 Å². The van der Waals surface area contributed by atoms with Crippen LogP contribution in [0.5, 0.6) is 0 Å². The normalized spacial score (nSPS) is 9.47. The van der Waals surface area contributed by atoms with Gasteiger partial charge in [0.1, 0.15) is 0 Å². The summed E-state index contributed by atoms with van der Waals surface area (Å²) in [5, 5.41) is 4.76. The molecule has 2 amide bonds. The van der Waals surface area contributed by atoms with E-state index in [2.05, 4.69) is 45.4 Å². The summed E-state index contributed by atoms with van der Waals surface area (Å²) in [5.41, 5.74) is 5.76. The Balaban J connectivity index is 2.54. The Morgan fingerprint density at radius 2 is 2.06 bits per heavy atom. The number of halogens is 1. The summed E-state index contributed by atoms with van der Waals surface area (Å²) in [6.07, 6.45) is 0. The summed E-state index contributed by atoms with van der Waals surface area (Å²) < 4.78 is 0.962. The van der Waals surface area contributed by atoms with E-state index < -0.39 is 11.8 Å².